The number of amides is 1. The summed E-state index contributed by atoms with van der Waals surface area (Å²) in [5, 5.41) is 0.561. The second-order valence-corrected chi connectivity index (χ2v) is 12.5. The molecule has 5 rings (SSSR count). The molecule has 0 radical (unpaired) electrons. The first-order valence-electron chi connectivity index (χ1n) is 12.2. The normalized spacial score (nSPS) is 15.7. The van der Waals surface area contributed by atoms with Crippen molar-refractivity contribution in [1.82, 2.24) is 14.1 Å². The summed E-state index contributed by atoms with van der Waals surface area (Å²) in [7, 11) is -3.92. The highest BCUT2D eigenvalue weighted by molar-refractivity contribution is 9.10. The fourth-order valence-corrected chi connectivity index (χ4v) is 6.25. The van der Waals surface area contributed by atoms with E-state index in [4.69, 9.17) is 21.1 Å². The number of fused-ring (bicyclic) bond motifs is 1. The molecular formula is C27H27BrClN3O5S. The van der Waals surface area contributed by atoms with Crippen LogP contribution < -0.4 is 9.47 Å². The highest BCUT2D eigenvalue weighted by Crippen LogP contribution is 2.33. The molecule has 0 N–H and O–H groups in total. The zero-order chi connectivity index (χ0) is 26.7. The molecule has 0 aromatic heterocycles. The number of benzene rings is 3. The van der Waals surface area contributed by atoms with E-state index in [0.717, 1.165) is 33.6 Å². The van der Waals surface area contributed by atoms with E-state index in [1.165, 1.54) is 16.4 Å². The van der Waals surface area contributed by atoms with Gasteiger partial charge in [-0.3, -0.25) is 9.69 Å². The van der Waals surface area contributed by atoms with Crippen LogP contribution in [-0.2, 0) is 27.9 Å². The molecule has 0 spiro atoms. The second kappa shape index (κ2) is 11.6. The van der Waals surface area contributed by atoms with Gasteiger partial charge in [0.2, 0.25) is 22.7 Å². The molecule has 200 valence electrons. The van der Waals surface area contributed by atoms with Crippen LogP contribution in [0.1, 0.15) is 11.1 Å². The van der Waals surface area contributed by atoms with Crippen LogP contribution in [0.15, 0.2) is 76.1 Å². The third kappa shape index (κ3) is 6.32. The number of carbonyl (C=O) groups excluding carboxylic acids is 1. The summed E-state index contributed by atoms with van der Waals surface area (Å²) in [5.74, 6) is 1.29. The maximum Gasteiger partial charge on any atom is 0.243 e. The van der Waals surface area contributed by atoms with Crippen LogP contribution in [0.4, 0.5) is 0 Å². The van der Waals surface area contributed by atoms with Gasteiger partial charge in [-0.1, -0.05) is 45.7 Å². The molecule has 8 nitrogen and oxygen atoms in total. The molecule has 0 bridgehead atoms. The average molecular weight is 621 g/mol. The Bertz CT molecular complexity index is 1400. The van der Waals surface area contributed by atoms with Crippen LogP contribution in [0.25, 0.3) is 0 Å². The lowest BCUT2D eigenvalue weighted by Gasteiger charge is -2.35. The molecule has 2 aliphatic rings. The Hall–Kier alpha value is -2.63. The van der Waals surface area contributed by atoms with Crippen LogP contribution >= 0.6 is 27.5 Å². The summed E-state index contributed by atoms with van der Waals surface area (Å²) in [5.41, 5.74) is 1.86. The molecule has 2 heterocycles. The first-order chi connectivity index (χ1) is 18.3. The Kier molecular flexibility index (Phi) is 8.25. The summed E-state index contributed by atoms with van der Waals surface area (Å²) >= 11 is 9.35. The van der Waals surface area contributed by atoms with E-state index >= 15 is 0 Å². The van der Waals surface area contributed by atoms with Gasteiger partial charge in [-0.15, -0.1) is 0 Å². The Morgan fingerprint density at radius 3 is 2.26 bits per heavy atom. The van der Waals surface area contributed by atoms with E-state index < -0.39 is 10.0 Å². The van der Waals surface area contributed by atoms with Crippen molar-refractivity contribution in [1.29, 1.82) is 0 Å². The average Bonchev–Trinajstić information content (AvgIpc) is 3.38. The van der Waals surface area contributed by atoms with Crippen molar-refractivity contribution in [3.63, 3.8) is 0 Å². The predicted molar refractivity (Wildman–Crippen MR) is 148 cm³/mol. The van der Waals surface area contributed by atoms with Gasteiger partial charge in [0.15, 0.2) is 11.5 Å². The number of sulfonamides is 1. The van der Waals surface area contributed by atoms with Crippen molar-refractivity contribution in [2.24, 2.45) is 0 Å². The van der Waals surface area contributed by atoms with E-state index in [0.29, 0.717) is 31.2 Å². The van der Waals surface area contributed by atoms with Crippen LogP contribution in [0.3, 0.4) is 0 Å². The number of nitrogens with zero attached hydrogens (tertiary/aromatic N) is 3. The Morgan fingerprint density at radius 2 is 1.55 bits per heavy atom. The molecule has 3 aromatic rings. The van der Waals surface area contributed by atoms with Gasteiger partial charge in [-0.2, -0.15) is 4.31 Å². The molecule has 1 amide bonds. The zero-order valence-electron chi connectivity index (χ0n) is 20.6. The Labute approximate surface area is 235 Å². The minimum absolute atomic E-state index is 0.0609. The minimum atomic E-state index is -3.92. The molecule has 0 unspecified atom stereocenters. The third-order valence-corrected chi connectivity index (χ3v) is 9.19. The molecular weight excluding hydrogens is 594 g/mol. The molecule has 1 saturated heterocycles. The topological polar surface area (TPSA) is 79.4 Å². The minimum Gasteiger partial charge on any atom is -0.454 e. The first-order valence-corrected chi connectivity index (χ1v) is 14.8. The van der Waals surface area contributed by atoms with E-state index in [9.17, 15) is 13.2 Å². The number of piperazine rings is 1. The summed E-state index contributed by atoms with van der Waals surface area (Å²) in [6.07, 6.45) is 0. The number of carbonyl (C=O) groups is 1. The van der Waals surface area contributed by atoms with E-state index in [2.05, 4.69) is 20.8 Å². The summed E-state index contributed by atoms with van der Waals surface area (Å²) in [6.45, 7) is 3.22. The van der Waals surface area contributed by atoms with Crippen molar-refractivity contribution < 1.29 is 22.7 Å². The number of rotatable bonds is 8. The predicted octanol–water partition coefficient (Wildman–Crippen LogP) is 4.37. The SMILES string of the molecule is O=C(CN(Cc1ccc(Cl)cc1)S(=O)(=O)c1ccc(Br)cc1)N1CCN(Cc2ccc3c(c2)OCO3)CC1. The van der Waals surface area contributed by atoms with Gasteiger partial charge in [-0.25, -0.2) is 8.42 Å². The third-order valence-electron chi connectivity index (χ3n) is 6.60. The fraction of sp³-hybridized carbons (Fsp3) is 0.296. The van der Waals surface area contributed by atoms with Gasteiger partial charge < -0.3 is 14.4 Å². The monoisotopic (exact) mass is 619 g/mol. The maximum atomic E-state index is 13.6. The second-order valence-electron chi connectivity index (χ2n) is 9.20. The Balaban J connectivity index is 1.25. The standard InChI is InChI=1S/C27H27BrClN3O5S/c28-22-4-8-24(9-5-22)38(34,35)32(17-20-1-6-23(29)7-2-20)18-27(33)31-13-11-30(12-14-31)16-21-3-10-25-26(15-21)37-19-36-25/h1-10,15H,11-14,16-19H2. The van der Waals surface area contributed by atoms with Crippen molar-refractivity contribution >= 4 is 43.5 Å². The van der Waals surface area contributed by atoms with Gasteiger partial charge in [0.1, 0.15) is 0 Å². The van der Waals surface area contributed by atoms with E-state index in [1.807, 2.05) is 18.2 Å². The van der Waals surface area contributed by atoms with Crippen molar-refractivity contribution in [2.75, 3.05) is 39.5 Å². The van der Waals surface area contributed by atoms with E-state index in [1.54, 1.807) is 41.3 Å². The maximum absolute atomic E-state index is 13.6. The number of halogens is 2. The summed E-state index contributed by atoms with van der Waals surface area (Å²) in [6, 6.07) is 19.3. The summed E-state index contributed by atoms with van der Waals surface area (Å²) < 4.78 is 40.0. The highest BCUT2D eigenvalue weighted by atomic mass is 79.9. The van der Waals surface area contributed by atoms with Crippen LogP contribution in [-0.4, -0.2) is 67.9 Å². The highest BCUT2D eigenvalue weighted by Gasteiger charge is 2.30. The van der Waals surface area contributed by atoms with Gasteiger partial charge >= 0.3 is 0 Å². The molecule has 1 fully saturated rings. The van der Waals surface area contributed by atoms with Gasteiger partial charge in [0, 0.05) is 48.8 Å². The number of ether oxygens (including phenoxy) is 2. The smallest absolute Gasteiger partial charge is 0.243 e. The number of hydrogen-bond donors (Lipinski definition) is 0. The zero-order valence-corrected chi connectivity index (χ0v) is 23.7. The molecule has 38 heavy (non-hydrogen) atoms. The fourth-order valence-electron chi connectivity index (χ4n) is 4.48. The lowest BCUT2D eigenvalue weighted by molar-refractivity contribution is -0.133. The van der Waals surface area contributed by atoms with Crippen LogP contribution in [0, 0.1) is 0 Å². The number of hydrogen-bond acceptors (Lipinski definition) is 6. The largest absolute Gasteiger partial charge is 0.454 e. The molecule has 0 aliphatic carbocycles. The lowest BCUT2D eigenvalue weighted by Crippen LogP contribution is -2.51. The van der Waals surface area contributed by atoms with Crippen LogP contribution in [0.5, 0.6) is 11.5 Å². The molecule has 11 heteroatoms. The van der Waals surface area contributed by atoms with E-state index in [-0.39, 0.29) is 30.7 Å². The van der Waals surface area contributed by atoms with Crippen LogP contribution in [0.2, 0.25) is 5.02 Å². The van der Waals surface area contributed by atoms with Gasteiger partial charge in [0.05, 0.1) is 11.4 Å². The van der Waals surface area contributed by atoms with Crippen molar-refractivity contribution in [2.45, 2.75) is 18.0 Å². The lowest BCUT2D eigenvalue weighted by atomic mass is 10.1. The Morgan fingerprint density at radius 1 is 0.895 bits per heavy atom. The molecule has 0 atom stereocenters. The first kappa shape index (κ1) is 27.0. The van der Waals surface area contributed by atoms with Gasteiger partial charge in [-0.05, 0) is 59.7 Å². The quantitative estimate of drug-likeness (QED) is 0.372. The van der Waals surface area contributed by atoms with Gasteiger partial charge in [0.25, 0.3) is 0 Å². The van der Waals surface area contributed by atoms with Crippen molar-refractivity contribution in [3.8, 4) is 11.5 Å². The summed E-state index contributed by atoms with van der Waals surface area (Å²) in [4.78, 5) is 17.5. The molecule has 3 aromatic carbocycles. The van der Waals surface area contributed by atoms with Crippen molar-refractivity contribution in [3.05, 3.63) is 87.4 Å². The molecule has 2 aliphatic heterocycles. The molecule has 0 saturated carbocycles.